The monoisotopic (exact) mass is 586 g/mol. The van der Waals surface area contributed by atoms with Crippen LogP contribution in [-0.4, -0.2) is 46.5 Å². The fourth-order valence-corrected chi connectivity index (χ4v) is 5.07. The number of nitrogens with one attached hydrogen (secondary N) is 1. The number of alkyl halides is 6. The number of halogens is 9. The van der Waals surface area contributed by atoms with E-state index in [0.29, 0.717) is 42.9 Å². The first-order valence-electron chi connectivity index (χ1n) is 12.6. The Bertz CT molecular complexity index is 1520. The standard InChI is InChI=1S/C28H23F9N4/c29-17-12-23(30)21(24(31)13-17)15-41-26(20-2-1-3-22(25(20)39-41)28(35,36)37)16-4-6-18(7-5-16)38-19-8-10-40(14-19)11-9-27(32,33)34/h1-7,12-13,19,38H,8-11,14-15H2/t19-/m1/s1. The smallest absolute Gasteiger partial charge is 0.381 e. The van der Waals surface area contributed by atoms with Crippen molar-refractivity contribution >= 4 is 16.6 Å². The Morgan fingerprint density at radius 2 is 1.59 bits per heavy atom. The summed E-state index contributed by atoms with van der Waals surface area (Å²) in [6, 6.07) is 10.9. The molecule has 0 radical (unpaired) electrons. The van der Waals surface area contributed by atoms with E-state index in [1.54, 1.807) is 29.2 Å². The minimum absolute atomic E-state index is 0.0904. The third-order valence-electron chi connectivity index (χ3n) is 7.00. The van der Waals surface area contributed by atoms with Crippen LogP contribution in [-0.2, 0) is 12.7 Å². The van der Waals surface area contributed by atoms with Gasteiger partial charge in [-0.2, -0.15) is 31.4 Å². The Kier molecular flexibility index (Phi) is 7.66. The molecule has 0 bridgehead atoms. The van der Waals surface area contributed by atoms with Crippen LogP contribution in [0.5, 0.6) is 0 Å². The molecule has 0 saturated carbocycles. The van der Waals surface area contributed by atoms with E-state index in [0.717, 1.165) is 10.7 Å². The molecular weight excluding hydrogens is 563 g/mol. The van der Waals surface area contributed by atoms with Crippen LogP contribution >= 0.6 is 0 Å². The molecule has 0 spiro atoms. The van der Waals surface area contributed by atoms with Crippen molar-refractivity contribution in [3.05, 3.63) is 83.2 Å². The van der Waals surface area contributed by atoms with Crippen molar-refractivity contribution < 1.29 is 39.5 Å². The third-order valence-corrected chi connectivity index (χ3v) is 7.00. The summed E-state index contributed by atoms with van der Waals surface area (Å²) in [5.74, 6) is -3.54. The second-order valence-electron chi connectivity index (χ2n) is 9.93. The summed E-state index contributed by atoms with van der Waals surface area (Å²) in [5, 5.41) is 7.42. The molecular formula is C28H23F9N4. The van der Waals surface area contributed by atoms with E-state index in [-0.39, 0.29) is 23.7 Å². The molecule has 1 aliphatic heterocycles. The molecule has 3 aromatic carbocycles. The van der Waals surface area contributed by atoms with Gasteiger partial charge in [-0.15, -0.1) is 0 Å². The Balaban J connectivity index is 1.45. The molecule has 1 fully saturated rings. The van der Waals surface area contributed by atoms with Crippen LogP contribution in [0, 0.1) is 17.5 Å². The van der Waals surface area contributed by atoms with Crippen molar-refractivity contribution in [3.63, 3.8) is 0 Å². The molecule has 13 heteroatoms. The number of hydrogen-bond acceptors (Lipinski definition) is 3. The van der Waals surface area contributed by atoms with Gasteiger partial charge in [0.25, 0.3) is 0 Å². The molecule has 1 aliphatic rings. The number of aromatic nitrogens is 2. The number of likely N-dealkylation sites (tertiary alicyclic amines) is 1. The highest BCUT2D eigenvalue weighted by atomic mass is 19.4. The van der Waals surface area contributed by atoms with Gasteiger partial charge in [-0.1, -0.05) is 24.3 Å². The zero-order valence-corrected chi connectivity index (χ0v) is 21.3. The minimum Gasteiger partial charge on any atom is -0.381 e. The maximum Gasteiger partial charge on any atom is 0.418 e. The molecule has 218 valence electrons. The van der Waals surface area contributed by atoms with Gasteiger partial charge >= 0.3 is 12.4 Å². The van der Waals surface area contributed by atoms with Gasteiger partial charge in [0.1, 0.15) is 23.0 Å². The molecule has 0 amide bonds. The van der Waals surface area contributed by atoms with E-state index in [2.05, 4.69) is 10.4 Å². The Morgan fingerprint density at radius 3 is 2.22 bits per heavy atom. The van der Waals surface area contributed by atoms with Crippen LogP contribution in [0.3, 0.4) is 0 Å². The largest absolute Gasteiger partial charge is 0.418 e. The molecule has 4 nitrogen and oxygen atoms in total. The number of benzene rings is 3. The molecule has 1 N–H and O–H groups in total. The number of anilines is 1. The molecule has 1 atom stereocenters. The number of hydrogen-bond donors (Lipinski definition) is 1. The molecule has 0 unspecified atom stereocenters. The zero-order valence-electron chi connectivity index (χ0n) is 21.3. The summed E-state index contributed by atoms with van der Waals surface area (Å²) >= 11 is 0. The zero-order chi connectivity index (χ0) is 29.5. The summed E-state index contributed by atoms with van der Waals surface area (Å²) in [6.07, 6.45) is -9.23. The lowest BCUT2D eigenvalue weighted by molar-refractivity contribution is -0.137. The molecule has 1 saturated heterocycles. The van der Waals surface area contributed by atoms with Crippen LogP contribution in [0.4, 0.5) is 45.2 Å². The normalized spacial score (nSPS) is 16.6. The van der Waals surface area contributed by atoms with Gasteiger partial charge in [0.15, 0.2) is 0 Å². The molecule has 1 aromatic heterocycles. The fraction of sp³-hybridized carbons (Fsp3) is 0.321. The number of rotatable bonds is 7. The molecule has 4 aromatic rings. The first-order valence-corrected chi connectivity index (χ1v) is 12.6. The summed E-state index contributed by atoms with van der Waals surface area (Å²) in [4.78, 5) is 1.72. The first kappa shape index (κ1) is 28.8. The summed E-state index contributed by atoms with van der Waals surface area (Å²) in [6.45, 7) is 0.237. The minimum atomic E-state index is -4.74. The van der Waals surface area contributed by atoms with Crippen molar-refractivity contribution in [2.45, 2.75) is 37.8 Å². The van der Waals surface area contributed by atoms with Crippen LogP contribution in [0.2, 0.25) is 0 Å². The van der Waals surface area contributed by atoms with Gasteiger partial charge in [-0.3, -0.25) is 4.68 Å². The van der Waals surface area contributed by atoms with Gasteiger partial charge < -0.3 is 10.2 Å². The van der Waals surface area contributed by atoms with Crippen molar-refractivity contribution in [3.8, 4) is 11.3 Å². The summed E-state index contributed by atoms with van der Waals surface area (Å²) < 4.78 is 122. The van der Waals surface area contributed by atoms with E-state index in [1.807, 2.05) is 0 Å². The number of fused-ring (bicyclic) bond motifs is 1. The van der Waals surface area contributed by atoms with Crippen molar-refractivity contribution in [2.75, 3.05) is 25.0 Å². The SMILES string of the molecule is Fc1cc(F)c(Cn2nc3c(C(F)(F)F)cccc3c2-c2ccc(N[C@@H]3CCN(CCC(F)(F)F)C3)cc2)c(F)c1. The molecule has 0 aliphatic carbocycles. The second kappa shape index (κ2) is 10.9. The third kappa shape index (κ3) is 6.45. The lowest BCUT2D eigenvalue weighted by Crippen LogP contribution is -2.29. The second-order valence-corrected chi connectivity index (χ2v) is 9.93. The van der Waals surface area contributed by atoms with Gasteiger partial charge in [0.2, 0.25) is 0 Å². The highest BCUT2D eigenvalue weighted by Crippen LogP contribution is 2.38. The van der Waals surface area contributed by atoms with E-state index in [4.69, 9.17) is 0 Å². The number of nitrogens with zero attached hydrogens (tertiary/aromatic N) is 3. The predicted molar refractivity (Wildman–Crippen MR) is 135 cm³/mol. The van der Waals surface area contributed by atoms with Crippen LogP contribution in [0.15, 0.2) is 54.6 Å². The average Bonchev–Trinajstić information content (AvgIpc) is 3.48. The average molecular weight is 587 g/mol. The Labute approximate surface area is 228 Å². The maximum absolute atomic E-state index is 14.5. The van der Waals surface area contributed by atoms with Crippen LogP contribution in [0.25, 0.3) is 22.2 Å². The Hall–Kier alpha value is -3.74. The quantitative estimate of drug-likeness (QED) is 0.226. The summed E-state index contributed by atoms with van der Waals surface area (Å²) in [7, 11) is 0. The molecule has 5 rings (SSSR count). The predicted octanol–water partition coefficient (Wildman–Crippen LogP) is 7.63. The van der Waals surface area contributed by atoms with Crippen molar-refractivity contribution in [1.29, 1.82) is 0 Å². The van der Waals surface area contributed by atoms with Gasteiger partial charge in [0, 0.05) is 60.0 Å². The van der Waals surface area contributed by atoms with Crippen LogP contribution < -0.4 is 5.32 Å². The summed E-state index contributed by atoms with van der Waals surface area (Å²) in [5.41, 5.74) is -0.796. The topological polar surface area (TPSA) is 33.1 Å². The fourth-order valence-electron chi connectivity index (χ4n) is 5.07. The van der Waals surface area contributed by atoms with Gasteiger partial charge in [-0.25, -0.2) is 13.2 Å². The Morgan fingerprint density at radius 1 is 0.902 bits per heavy atom. The van der Waals surface area contributed by atoms with E-state index in [9.17, 15) is 39.5 Å². The van der Waals surface area contributed by atoms with E-state index in [1.165, 1.54) is 12.1 Å². The van der Waals surface area contributed by atoms with Crippen LogP contribution in [0.1, 0.15) is 24.0 Å². The lowest BCUT2D eigenvalue weighted by Gasteiger charge is -2.18. The van der Waals surface area contributed by atoms with Crippen molar-refractivity contribution in [2.24, 2.45) is 0 Å². The van der Waals surface area contributed by atoms with Crippen molar-refractivity contribution in [1.82, 2.24) is 14.7 Å². The van der Waals surface area contributed by atoms with E-state index < -0.39 is 59.4 Å². The maximum atomic E-state index is 14.5. The van der Waals surface area contributed by atoms with E-state index >= 15 is 0 Å². The highest BCUT2D eigenvalue weighted by Gasteiger charge is 2.35. The first-order chi connectivity index (χ1) is 19.3. The molecule has 2 heterocycles. The van der Waals surface area contributed by atoms with Gasteiger partial charge in [0.05, 0.1) is 24.2 Å². The van der Waals surface area contributed by atoms with Gasteiger partial charge in [-0.05, 0) is 24.6 Å². The highest BCUT2D eigenvalue weighted by molar-refractivity contribution is 5.95. The lowest BCUT2D eigenvalue weighted by atomic mass is 10.0. The molecule has 41 heavy (non-hydrogen) atoms.